The minimum atomic E-state index is -3.12. The van der Waals surface area contributed by atoms with Gasteiger partial charge in [0.15, 0.2) is 11.5 Å². The lowest BCUT2D eigenvalue weighted by atomic mass is 10.1. The van der Waals surface area contributed by atoms with E-state index in [2.05, 4.69) is 9.47 Å². The summed E-state index contributed by atoms with van der Waals surface area (Å²) in [4.78, 5) is 13.9. The maximum atomic E-state index is 12.7. The molecule has 0 saturated heterocycles. The molecule has 0 N–H and O–H groups in total. The van der Waals surface area contributed by atoms with Crippen LogP contribution in [0, 0.1) is 0 Å². The van der Waals surface area contributed by atoms with Gasteiger partial charge in [0.05, 0.1) is 12.7 Å². The molecule has 0 bridgehead atoms. The van der Waals surface area contributed by atoms with E-state index in [4.69, 9.17) is 4.74 Å². The van der Waals surface area contributed by atoms with E-state index in [1.54, 1.807) is 0 Å². The van der Waals surface area contributed by atoms with Crippen LogP contribution in [0.15, 0.2) is 42.5 Å². The minimum absolute atomic E-state index is 0.00282. The smallest absolute Gasteiger partial charge is 0.387 e. The Bertz CT molecular complexity index is 768. The van der Waals surface area contributed by atoms with Crippen LogP contribution in [0.1, 0.15) is 15.9 Å². The Morgan fingerprint density at radius 3 is 2.19 bits per heavy atom. The number of methoxy groups -OCH3 is 1. The first-order valence-electron chi connectivity index (χ1n) is 7.73. The number of amides is 1. The van der Waals surface area contributed by atoms with Gasteiger partial charge in [-0.2, -0.15) is 17.6 Å². The average molecular weight is 387 g/mol. The third-order valence-electron chi connectivity index (χ3n) is 3.55. The van der Waals surface area contributed by atoms with Gasteiger partial charge in [0.2, 0.25) is 0 Å². The number of alkyl halides is 4. The summed E-state index contributed by atoms with van der Waals surface area (Å²) in [5, 5.41) is 0. The van der Waals surface area contributed by atoms with Gasteiger partial charge in [-0.05, 0) is 29.8 Å². The molecule has 2 aromatic rings. The molecule has 0 fully saturated rings. The van der Waals surface area contributed by atoms with Crippen molar-refractivity contribution >= 4 is 5.91 Å². The molecule has 0 atom stereocenters. The number of benzene rings is 2. The molecule has 5 nitrogen and oxygen atoms in total. The lowest BCUT2D eigenvalue weighted by Crippen LogP contribution is -2.27. The van der Waals surface area contributed by atoms with E-state index in [1.807, 2.05) is 0 Å². The van der Waals surface area contributed by atoms with Gasteiger partial charge in [-0.25, -0.2) is 0 Å². The lowest BCUT2D eigenvalue weighted by molar-refractivity contribution is -0.0518. The van der Waals surface area contributed by atoms with Gasteiger partial charge in [-0.1, -0.05) is 18.2 Å². The quantitative estimate of drug-likeness (QED) is 0.638. The summed E-state index contributed by atoms with van der Waals surface area (Å²) in [5.74, 6) is -0.934. The molecule has 0 radical (unpaired) electrons. The van der Waals surface area contributed by atoms with E-state index in [9.17, 15) is 22.4 Å². The maximum Gasteiger partial charge on any atom is 0.387 e. The Hall–Kier alpha value is -2.97. The van der Waals surface area contributed by atoms with Gasteiger partial charge in [-0.3, -0.25) is 4.79 Å². The lowest BCUT2D eigenvalue weighted by Gasteiger charge is -2.20. The Kier molecular flexibility index (Phi) is 6.86. The molecule has 146 valence electrons. The van der Waals surface area contributed by atoms with Crippen molar-refractivity contribution in [1.29, 1.82) is 0 Å². The van der Waals surface area contributed by atoms with Crippen molar-refractivity contribution in [2.24, 2.45) is 0 Å². The number of hydrogen-bond acceptors (Lipinski definition) is 4. The molecule has 2 aromatic carbocycles. The Morgan fingerprint density at radius 1 is 1.00 bits per heavy atom. The molecule has 0 aliphatic heterocycles. The van der Waals surface area contributed by atoms with E-state index in [0.717, 1.165) is 0 Å². The Balaban J connectivity index is 2.17. The zero-order chi connectivity index (χ0) is 20.0. The molecular weight excluding hydrogens is 370 g/mol. The van der Waals surface area contributed by atoms with Crippen LogP contribution in [0.2, 0.25) is 0 Å². The number of ether oxygens (including phenoxy) is 3. The van der Waals surface area contributed by atoms with Crippen molar-refractivity contribution in [3.05, 3.63) is 53.6 Å². The summed E-state index contributed by atoms with van der Waals surface area (Å²) in [6.07, 6.45) is 0. The molecule has 9 heteroatoms. The number of hydrogen-bond donors (Lipinski definition) is 0. The molecule has 0 aliphatic carbocycles. The van der Waals surface area contributed by atoms with Crippen LogP contribution in [0.4, 0.5) is 17.6 Å². The second-order valence-corrected chi connectivity index (χ2v) is 5.40. The van der Waals surface area contributed by atoms with Gasteiger partial charge in [0, 0.05) is 13.6 Å². The fourth-order valence-electron chi connectivity index (χ4n) is 2.38. The number of para-hydroxylation sites is 1. The van der Waals surface area contributed by atoms with Crippen LogP contribution in [-0.2, 0) is 6.54 Å². The van der Waals surface area contributed by atoms with E-state index < -0.39 is 19.1 Å². The Labute approximate surface area is 153 Å². The van der Waals surface area contributed by atoms with E-state index >= 15 is 0 Å². The second-order valence-electron chi connectivity index (χ2n) is 5.40. The van der Waals surface area contributed by atoms with E-state index in [0.29, 0.717) is 5.56 Å². The first-order valence-corrected chi connectivity index (χ1v) is 7.73. The first-order chi connectivity index (χ1) is 12.8. The standard InChI is InChI=1S/C18H17F4NO4/c1-23(10-11-6-8-12(9-7-11)26-17(19)20)16(24)13-4-3-5-14(25-2)15(13)27-18(21)22/h3-9,17-18H,10H2,1-2H3. The molecule has 27 heavy (non-hydrogen) atoms. The van der Waals surface area contributed by atoms with Crippen molar-refractivity contribution in [3.63, 3.8) is 0 Å². The predicted octanol–water partition coefficient (Wildman–Crippen LogP) is 4.17. The molecular formula is C18H17F4NO4. The van der Waals surface area contributed by atoms with E-state index in [-0.39, 0.29) is 29.4 Å². The summed E-state index contributed by atoms with van der Waals surface area (Å²) in [5.41, 5.74) is 0.543. The molecule has 2 rings (SSSR count). The fraction of sp³-hybridized carbons (Fsp3) is 0.278. The SMILES string of the molecule is COc1cccc(C(=O)N(C)Cc2ccc(OC(F)F)cc2)c1OC(F)F. The van der Waals surface area contributed by atoms with E-state index in [1.165, 1.54) is 61.5 Å². The second kappa shape index (κ2) is 9.11. The van der Waals surface area contributed by atoms with Crippen molar-refractivity contribution < 1.29 is 36.6 Å². The zero-order valence-corrected chi connectivity index (χ0v) is 14.5. The van der Waals surface area contributed by atoms with Crippen molar-refractivity contribution in [2.45, 2.75) is 19.8 Å². The van der Waals surface area contributed by atoms with Crippen LogP contribution >= 0.6 is 0 Å². The fourth-order valence-corrected chi connectivity index (χ4v) is 2.38. The third kappa shape index (κ3) is 5.50. The largest absolute Gasteiger partial charge is 0.493 e. The number of rotatable bonds is 8. The summed E-state index contributed by atoms with van der Waals surface area (Å²) >= 11 is 0. The molecule has 0 aliphatic rings. The number of carbonyl (C=O) groups excluding carboxylic acids is 1. The zero-order valence-electron chi connectivity index (χ0n) is 14.5. The van der Waals surface area contributed by atoms with Gasteiger partial charge in [-0.15, -0.1) is 0 Å². The average Bonchev–Trinajstić information content (AvgIpc) is 2.62. The monoisotopic (exact) mass is 387 g/mol. The summed E-state index contributed by atoms with van der Waals surface area (Å²) < 4.78 is 63.4. The summed E-state index contributed by atoms with van der Waals surface area (Å²) in [6.45, 7) is -5.94. The van der Waals surface area contributed by atoms with Gasteiger partial charge in [0.25, 0.3) is 5.91 Å². The van der Waals surface area contributed by atoms with Crippen molar-refractivity contribution in [1.82, 2.24) is 4.90 Å². The maximum absolute atomic E-state index is 12.7. The number of halogens is 4. The molecule has 1 amide bonds. The third-order valence-corrected chi connectivity index (χ3v) is 3.55. The van der Waals surface area contributed by atoms with Gasteiger partial charge >= 0.3 is 13.2 Å². The van der Waals surface area contributed by atoms with Gasteiger partial charge < -0.3 is 19.1 Å². The van der Waals surface area contributed by atoms with Crippen LogP contribution in [-0.4, -0.2) is 38.2 Å². The van der Waals surface area contributed by atoms with Crippen molar-refractivity contribution in [2.75, 3.05) is 14.2 Å². The first kappa shape index (κ1) is 20.3. The highest BCUT2D eigenvalue weighted by Crippen LogP contribution is 2.33. The predicted molar refractivity (Wildman–Crippen MR) is 88.5 cm³/mol. The highest BCUT2D eigenvalue weighted by Gasteiger charge is 2.22. The molecule has 0 unspecified atom stereocenters. The van der Waals surface area contributed by atoms with Gasteiger partial charge in [0.1, 0.15) is 5.75 Å². The van der Waals surface area contributed by atoms with Crippen LogP contribution < -0.4 is 14.2 Å². The highest BCUT2D eigenvalue weighted by atomic mass is 19.3. The number of carbonyl (C=O) groups is 1. The topological polar surface area (TPSA) is 48.0 Å². The summed E-state index contributed by atoms with van der Waals surface area (Å²) in [7, 11) is 2.74. The molecule has 0 saturated carbocycles. The normalized spacial score (nSPS) is 10.8. The van der Waals surface area contributed by atoms with Crippen molar-refractivity contribution in [3.8, 4) is 17.2 Å². The van der Waals surface area contributed by atoms with Crippen LogP contribution in [0.3, 0.4) is 0 Å². The Morgan fingerprint density at radius 2 is 1.63 bits per heavy atom. The minimum Gasteiger partial charge on any atom is -0.493 e. The highest BCUT2D eigenvalue weighted by molar-refractivity contribution is 5.97. The number of nitrogens with zero attached hydrogens (tertiary/aromatic N) is 1. The molecule has 0 heterocycles. The molecule has 0 spiro atoms. The summed E-state index contributed by atoms with van der Waals surface area (Å²) in [6, 6.07) is 9.95. The molecule has 0 aromatic heterocycles. The van der Waals surface area contributed by atoms with Crippen LogP contribution in [0.5, 0.6) is 17.2 Å². The van der Waals surface area contributed by atoms with Crippen LogP contribution in [0.25, 0.3) is 0 Å².